The standard InChI is InChI=1S/C13H21N5O/c1-4-14-13-15-9(2)7-11(17-13)16-10-5-6-12(19)18(3)8-10/h7,10H,4-6,8H2,1-3H3,(H2,14,15,16,17). The fraction of sp³-hybridized carbons (Fsp3) is 0.615. The lowest BCUT2D eigenvalue weighted by molar-refractivity contribution is -0.132. The molecule has 1 unspecified atom stereocenters. The smallest absolute Gasteiger partial charge is 0.224 e. The number of aromatic nitrogens is 2. The first-order chi connectivity index (χ1) is 9.08. The zero-order valence-electron chi connectivity index (χ0n) is 11.7. The van der Waals surface area contributed by atoms with E-state index in [0.717, 1.165) is 31.0 Å². The van der Waals surface area contributed by atoms with Gasteiger partial charge in [-0.05, 0) is 20.3 Å². The number of hydrogen-bond donors (Lipinski definition) is 2. The van der Waals surface area contributed by atoms with E-state index in [4.69, 9.17) is 0 Å². The van der Waals surface area contributed by atoms with Crippen LogP contribution in [0.5, 0.6) is 0 Å². The molecule has 0 aromatic carbocycles. The highest BCUT2D eigenvalue weighted by Gasteiger charge is 2.22. The van der Waals surface area contributed by atoms with Gasteiger partial charge in [-0.3, -0.25) is 4.79 Å². The molecule has 2 rings (SSSR count). The number of carbonyl (C=O) groups is 1. The summed E-state index contributed by atoms with van der Waals surface area (Å²) in [7, 11) is 1.84. The molecule has 0 saturated carbocycles. The molecule has 2 N–H and O–H groups in total. The summed E-state index contributed by atoms with van der Waals surface area (Å²) in [5.74, 6) is 1.67. The Morgan fingerprint density at radius 2 is 2.26 bits per heavy atom. The van der Waals surface area contributed by atoms with Crippen LogP contribution in [0, 0.1) is 6.92 Å². The van der Waals surface area contributed by atoms with E-state index in [-0.39, 0.29) is 11.9 Å². The van der Waals surface area contributed by atoms with Crippen molar-refractivity contribution in [3.05, 3.63) is 11.8 Å². The number of aryl methyl sites for hydroxylation is 1. The Kier molecular flexibility index (Phi) is 4.19. The molecule has 0 radical (unpaired) electrons. The van der Waals surface area contributed by atoms with Crippen LogP contribution in [0.2, 0.25) is 0 Å². The first kappa shape index (κ1) is 13.6. The summed E-state index contributed by atoms with van der Waals surface area (Å²) < 4.78 is 0. The Labute approximate surface area is 113 Å². The molecule has 0 spiro atoms. The van der Waals surface area contributed by atoms with Gasteiger partial charge in [-0.25, -0.2) is 4.98 Å². The van der Waals surface area contributed by atoms with Crippen molar-refractivity contribution in [2.24, 2.45) is 0 Å². The van der Waals surface area contributed by atoms with Gasteiger partial charge in [0.25, 0.3) is 0 Å². The normalized spacial score (nSPS) is 19.4. The summed E-state index contributed by atoms with van der Waals surface area (Å²) >= 11 is 0. The second-order valence-corrected chi connectivity index (χ2v) is 4.90. The van der Waals surface area contributed by atoms with Gasteiger partial charge in [-0.1, -0.05) is 0 Å². The number of piperidine rings is 1. The quantitative estimate of drug-likeness (QED) is 0.855. The van der Waals surface area contributed by atoms with E-state index in [1.807, 2.05) is 27.0 Å². The van der Waals surface area contributed by atoms with E-state index < -0.39 is 0 Å². The van der Waals surface area contributed by atoms with E-state index in [1.54, 1.807) is 4.90 Å². The third kappa shape index (κ3) is 3.56. The second-order valence-electron chi connectivity index (χ2n) is 4.90. The SMILES string of the molecule is CCNc1nc(C)cc(NC2CCC(=O)N(C)C2)n1. The molecule has 2 heterocycles. The minimum Gasteiger partial charge on any atom is -0.365 e. The van der Waals surface area contributed by atoms with Gasteiger partial charge < -0.3 is 15.5 Å². The molecule has 6 nitrogen and oxygen atoms in total. The van der Waals surface area contributed by atoms with Crippen LogP contribution < -0.4 is 10.6 Å². The number of carbonyl (C=O) groups excluding carboxylic acids is 1. The number of anilines is 2. The lowest BCUT2D eigenvalue weighted by Gasteiger charge is -2.30. The van der Waals surface area contributed by atoms with Crippen LogP contribution in [0.3, 0.4) is 0 Å². The number of amides is 1. The summed E-state index contributed by atoms with van der Waals surface area (Å²) in [5.41, 5.74) is 0.925. The van der Waals surface area contributed by atoms with Crippen molar-refractivity contribution in [2.45, 2.75) is 32.7 Å². The molecule has 1 aliphatic rings. The molecule has 1 aromatic rings. The summed E-state index contributed by atoms with van der Waals surface area (Å²) in [6.07, 6.45) is 1.45. The highest BCUT2D eigenvalue weighted by Crippen LogP contribution is 2.16. The van der Waals surface area contributed by atoms with Crippen molar-refractivity contribution in [1.82, 2.24) is 14.9 Å². The predicted octanol–water partition coefficient (Wildman–Crippen LogP) is 1.25. The van der Waals surface area contributed by atoms with Crippen molar-refractivity contribution in [2.75, 3.05) is 30.8 Å². The third-order valence-electron chi connectivity index (χ3n) is 3.17. The first-order valence-electron chi connectivity index (χ1n) is 6.68. The van der Waals surface area contributed by atoms with Gasteiger partial charge in [0.05, 0.1) is 0 Å². The van der Waals surface area contributed by atoms with Crippen molar-refractivity contribution in [1.29, 1.82) is 0 Å². The minimum atomic E-state index is 0.213. The Hall–Kier alpha value is -1.85. The zero-order valence-corrected chi connectivity index (χ0v) is 11.7. The number of nitrogens with zero attached hydrogens (tertiary/aromatic N) is 3. The van der Waals surface area contributed by atoms with Gasteiger partial charge in [0.2, 0.25) is 11.9 Å². The van der Waals surface area contributed by atoms with Crippen molar-refractivity contribution in [3.8, 4) is 0 Å². The fourth-order valence-corrected chi connectivity index (χ4v) is 2.22. The average Bonchev–Trinajstić information content (AvgIpc) is 2.33. The molecule has 19 heavy (non-hydrogen) atoms. The lowest BCUT2D eigenvalue weighted by atomic mass is 10.1. The van der Waals surface area contributed by atoms with Crippen molar-refractivity contribution < 1.29 is 4.79 Å². The highest BCUT2D eigenvalue weighted by atomic mass is 16.2. The van der Waals surface area contributed by atoms with Crippen molar-refractivity contribution >= 4 is 17.7 Å². The molecular formula is C13H21N5O. The van der Waals surface area contributed by atoms with E-state index in [0.29, 0.717) is 12.4 Å². The third-order valence-corrected chi connectivity index (χ3v) is 3.17. The average molecular weight is 263 g/mol. The molecule has 6 heteroatoms. The number of rotatable bonds is 4. The van der Waals surface area contributed by atoms with Crippen LogP contribution in [-0.2, 0) is 4.79 Å². The summed E-state index contributed by atoms with van der Waals surface area (Å²) in [6, 6.07) is 2.18. The Morgan fingerprint density at radius 3 is 2.95 bits per heavy atom. The molecule has 1 amide bonds. The molecular weight excluding hydrogens is 242 g/mol. The molecule has 1 saturated heterocycles. The monoisotopic (exact) mass is 263 g/mol. The molecule has 1 atom stereocenters. The van der Waals surface area contributed by atoms with Crippen LogP contribution >= 0.6 is 0 Å². The number of likely N-dealkylation sites (N-methyl/N-ethyl adjacent to an activating group) is 1. The Morgan fingerprint density at radius 1 is 1.47 bits per heavy atom. The predicted molar refractivity (Wildman–Crippen MR) is 75.2 cm³/mol. The number of likely N-dealkylation sites (tertiary alicyclic amines) is 1. The molecule has 1 fully saturated rings. The Bertz CT molecular complexity index is 462. The van der Waals surface area contributed by atoms with Gasteiger partial charge in [0, 0.05) is 44.4 Å². The maximum Gasteiger partial charge on any atom is 0.224 e. The topological polar surface area (TPSA) is 70.2 Å². The van der Waals surface area contributed by atoms with Gasteiger partial charge in [0.15, 0.2) is 0 Å². The maximum atomic E-state index is 11.4. The lowest BCUT2D eigenvalue weighted by Crippen LogP contribution is -2.43. The summed E-state index contributed by atoms with van der Waals surface area (Å²) in [5, 5.41) is 6.50. The number of nitrogens with one attached hydrogen (secondary N) is 2. The fourth-order valence-electron chi connectivity index (χ4n) is 2.22. The molecule has 1 aliphatic heterocycles. The van der Waals surface area contributed by atoms with Crippen LogP contribution in [0.15, 0.2) is 6.07 Å². The molecule has 1 aromatic heterocycles. The van der Waals surface area contributed by atoms with E-state index in [2.05, 4.69) is 20.6 Å². The highest BCUT2D eigenvalue weighted by molar-refractivity contribution is 5.77. The maximum absolute atomic E-state index is 11.4. The van der Waals surface area contributed by atoms with E-state index >= 15 is 0 Å². The first-order valence-corrected chi connectivity index (χ1v) is 6.68. The summed E-state index contributed by atoms with van der Waals surface area (Å²) in [6.45, 7) is 5.48. The van der Waals surface area contributed by atoms with E-state index in [9.17, 15) is 4.79 Å². The van der Waals surface area contributed by atoms with Gasteiger partial charge >= 0.3 is 0 Å². The van der Waals surface area contributed by atoms with Gasteiger partial charge in [0.1, 0.15) is 5.82 Å². The Balaban J connectivity index is 2.04. The zero-order chi connectivity index (χ0) is 13.8. The van der Waals surface area contributed by atoms with Crippen LogP contribution in [0.25, 0.3) is 0 Å². The number of hydrogen-bond acceptors (Lipinski definition) is 5. The second kappa shape index (κ2) is 5.86. The molecule has 0 bridgehead atoms. The summed E-state index contributed by atoms with van der Waals surface area (Å²) in [4.78, 5) is 22.0. The van der Waals surface area contributed by atoms with Gasteiger partial charge in [-0.15, -0.1) is 0 Å². The van der Waals surface area contributed by atoms with Crippen LogP contribution in [0.4, 0.5) is 11.8 Å². The minimum absolute atomic E-state index is 0.213. The van der Waals surface area contributed by atoms with Crippen LogP contribution in [-0.4, -0.2) is 47.0 Å². The van der Waals surface area contributed by atoms with Crippen LogP contribution in [0.1, 0.15) is 25.5 Å². The van der Waals surface area contributed by atoms with Gasteiger partial charge in [-0.2, -0.15) is 4.98 Å². The van der Waals surface area contributed by atoms with Crippen molar-refractivity contribution in [3.63, 3.8) is 0 Å². The largest absolute Gasteiger partial charge is 0.365 e. The molecule has 0 aliphatic carbocycles. The van der Waals surface area contributed by atoms with E-state index in [1.165, 1.54) is 0 Å². The molecule has 104 valence electrons.